The van der Waals surface area contributed by atoms with E-state index in [9.17, 15) is 9.59 Å². The van der Waals surface area contributed by atoms with Gasteiger partial charge >= 0.3 is 5.97 Å². The highest BCUT2D eigenvalue weighted by Crippen LogP contribution is 2.30. The third-order valence-corrected chi connectivity index (χ3v) is 4.91. The molecule has 1 rings (SSSR count). The predicted octanol–water partition coefficient (Wildman–Crippen LogP) is 5.24. The maximum atomic E-state index is 12.3. The molecule has 1 aromatic carbocycles. The van der Waals surface area contributed by atoms with E-state index in [1.54, 1.807) is 12.1 Å². The van der Waals surface area contributed by atoms with Gasteiger partial charge < -0.3 is 10.5 Å². The van der Waals surface area contributed by atoms with Crippen molar-refractivity contribution in [3.8, 4) is 0 Å². The highest BCUT2D eigenvalue weighted by Gasteiger charge is 2.40. The first-order valence-corrected chi connectivity index (χ1v) is 10.1. The number of hydrogen-bond donors (Lipinski definition) is 1. The first kappa shape index (κ1) is 22.2. The van der Waals surface area contributed by atoms with E-state index in [1.165, 1.54) is 38.5 Å². The van der Waals surface area contributed by atoms with Crippen LogP contribution in [0, 0.1) is 0 Å². The average Bonchev–Trinajstić information content (AvgIpc) is 2.65. The Labute approximate surface area is 158 Å². The zero-order chi connectivity index (χ0) is 19.3. The molecule has 0 aliphatic carbocycles. The number of unbranched alkanes of at least 4 members (excludes halogenated alkanes) is 8. The fraction of sp³-hybridized carbons (Fsp3) is 0.636. The molecule has 1 amide bonds. The van der Waals surface area contributed by atoms with Crippen LogP contribution in [-0.4, -0.2) is 11.9 Å². The van der Waals surface area contributed by atoms with Gasteiger partial charge in [-0.1, -0.05) is 95.5 Å². The van der Waals surface area contributed by atoms with Gasteiger partial charge in [0.25, 0.3) is 5.91 Å². The summed E-state index contributed by atoms with van der Waals surface area (Å²) in [6.07, 6.45) is 11.4. The zero-order valence-electron chi connectivity index (χ0n) is 16.5. The molecule has 2 N–H and O–H groups in total. The van der Waals surface area contributed by atoms with Crippen molar-refractivity contribution in [3.05, 3.63) is 35.9 Å². The molecule has 1 aromatic rings. The molecular weight excluding hydrogens is 326 g/mol. The van der Waals surface area contributed by atoms with Crippen LogP contribution in [0.25, 0.3) is 0 Å². The summed E-state index contributed by atoms with van der Waals surface area (Å²) in [6.45, 7) is 4.03. The quantitative estimate of drug-likeness (QED) is 0.364. The summed E-state index contributed by atoms with van der Waals surface area (Å²) in [5.41, 5.74) is 4.86. The normalized spacial score (nSPS) is 13.2. The van der Waals surface area contributed by atoms with Crippen molar-refractivity contribution >= 4 is 11.9 Å². The minimum absolute atomic E-state index is 0.329. The Morgan fingerprint density at radius 2 is 1.42 bits per heavy atom. The second-order valence-corrected chi connectivity index (χ2v) is 6.96. The Balaban J connectivity index is 2.38. The van der Waals surface area contributed by atoms with E-state index >= 15 is 0 Å². The van der Waals surface area contributed by atoms with Gasteiger partial charge in [0, 0.05) is 12.0 Å². The SMILES string of the molecule is CCCCCCCCCCCC(=O)OC(CC)(C(N)=O)c1ccccc1. The Bertz CT molecular complexity index is 529. The van der Waals surface area contributed by atoms with Crippen LogP contribution in [0.2, 0.25) is 0 Å². The lowest BCUT2D eigenvalue weighted by Gasteiger charge is -2.29. The number of ether oxygens (including phenoxy) is 1. The molecule has 1 unspecified atom stereocenters. The van der Waals surface area contributed by atoms with Crippen molar-refractivity contribution in [2.24, 2.45) is 5.73 Å². The largest absolute Gasteiger partial charge is 0.444 e. The number of primary amides is 1. The van der Waals surface area contributed by atoms with Gasteiger partial charge in [-0.15, -0.1) is 0 Å². The third kappa shape index (κ3) is 7.19. The number of nitrogens with two attached hydrogens (primary N) is 1. The number of hydrogen-bond acceptors (Lipinski definition) is 3. The van der Waals surface area contributed by atoms with Crippen molar-refractivity contribution in [2.45, 2.75) is 90.1 Å². The van der Waals surface area contributed by atoms with E-state index in [-0.39, 0.29) is 5.97 Å². The lowest BCUT2D eigenvalue weighted by Crippen LogP contribution is -2.44. The van der Waals surface area contributed by atoms with Gasteiger partial charge in [0.15, 0.2) is 0 Å². The van der Waals surface area contributed by atoms with Gasteiger partial charge in [-0.05, 0) is 12.8 Å². The Morgan fingerprint density at radius 3 is 1.92 bits per heavy atom. The molecule has 0 saturated heterocycles. The topological polar surface area (TPSA) is 69.4 Å². The number of rotatable bonds is 14. The molecule has 146 valence electrons. The number of esters is 1. The Morgan fingerprint density at radius 1 is 0.885 bits per heavy atom. The summed E-state index contributed by atoms with van der Waals surface area (Å²) >= 11 is 0. The van der Waals surface area contributed by atoms with Gasteiger partial charge in [-0.25, -0.2) is 0 Å². The number of benzene rings is 1. The van der Waals surface area contributed by atoms with Crippen LogP contribution in [0.3, 0.4) is 0 Å². The standard InChI is InChI=1S/C22H35NO3/c1-3-5-6-7-8-9-10-11-15-18-20(24)26-22(4-2,21(23)25)19-16-13-12-14-17-19/h12-14,16-17H,3-11,15,18H2,1-2H3,(H2,23,25). The van der Waals surface area contributed by atoms with Gasteiger partial charge in [0.2, 0.25) is 5.60 Å². The van der Waals surface area contributed by atoms with Crippen LogP contribution in [0.1, 0.15) is 90.0 Å². The second kappa shape index (κ2) is 12.5. The molecule has 0 heterocycles. The third-order valence-electron chi connectivity index (χ3n) is 4.91. The molecule has 0 fully saturated rings. The van der Waals surface area contributed by atoms with Crippen LogP contribution in [0.15, 0.2) is 30.3 Å². The lowest BCUT2D eigenvalue weighted by atomic mass is 9.90. The lowest BCUT2D eigenvalue weighted by molar-refractivity contribution is -0.169. The fourth-order valence-corrected chi connectivity index (χ4v) is 3.23. The molecule has 1 atom stereocenters. The number of amides is 1. The fourth-order valence-electron chi connectivity index (χ4n) is 3.23. The summed E-state index contributed by atoms with van der Waals surface area (Å²) in [7, 11) is 0. The van der Waals surface area contributed by atoms with Crippen molar-refractivity contribution < 1.29 is 14.3 Å². The van der Waals surface area contributed by atoms with E-state index in [4.69, 9.17) is 10.5 Å². The maximum absolute atomic E-state index is 12.3. The molecule has 4 heteroatoms. The van der Waals surface area contributed by atoms with Crippen molar-refractivity contribution in [2.75, 3.05) is 0 Å². The van der Waals surface area contributed by atoms with Gasteiger partial charge in [0.05, 0.1) is 0 Å². The predicted molar refractivity (Wildman–Crippen MR) is 106 cm³/mol. The van der Waals surface area contributed by atoms with Crippen molar-refractivity contribution in [3.63, 3.8) is 0 Å². The molecule has 0 radical (unpaired) electrons. The number of carbonyl (C=O) groups excluding carboxylic acids is 2. The molecule has 0 aliphatic heterocycles. The Hall–Kier alpha value is -1.84. The minimum Gasteiger partial charge on any atom is -0.444 e. The minimum atomic E-state index is -1.36. The van der Waals surface area contributed by atoms with Gasteiger partial charge in [-0.3, -0.25) is 9.59 Å². The molecule has 26 heavy (non-hydrogen) atoms. The van der Waals surface area contributed by atoms with E-state index in [2.05, 4.69) is 6.92 Å². The maximum Gasteiger partial charge on any atom is 0.307 e. The molecule has 0 bridgehead atoms. The van der Waals surface area contributed by atoms with Crippen molar-refractivity contribution in [1.82, 2.24) is 0 Å². The summed E-state index contributed by atoms with van der Waals surface area (Å²) in [5.74, 6) is -0.968. The van der Waals surface area contributed by atoms with E-state index in [0.717, 1.165) is 19.3 Å². The molecule has 0 spiro atoms. The molecule has 4 nitrogen and oxygen atoms in total. The van der Waals surface area contributed by atoms with E-state index in [0.29, 0.717) is 18.4 Å². The smallest absolute Gasteiger partial charge is 0.307 e. The average molecular weight is 362 g/mol. The first-order chi connectivity index (χ1) is 12.6. The van der Waals surface area contributed by atoms with Crippen molar-refractivity contribution in [1.29, 1.82) is 0 Å². The molecule has 0 aliphatic rings. The highest BCUT2D eigenvalue weighted by atomic mass is 16.6. The van der Waals surface area contributed by atoms with Crippen LogP contribution in [-0.2, 0) is 19.9 Å². The summed E-state index contributed by atoms with van der Waals surface area (Å²) in [6, 6.07) is 9.04. The Kier molecular flexibility index (Phi) is 10.7. The van der Waals surface area contributed by atoms with E-state index in [1.807, 2.05) is 25.1 Å². The monoisotopic (exact) mass is 361 g/mol. The summed E-state index contributed by atoms with van der Waals surface area (Å²) in [4.78, 5) is 24.3. The summed E-state index contributed by atoms with van der Waals surface area (Å²) in [5, 5.41) is 0. The van der Waals surface area contributed by atoms with Crippen LogP contribution < -0.4 is 5.73 Å². The molecule has 0 saturated carbocycles. The second-order valence-electron chi connectivity index (χ2n) is 6.96. The van der Waals surface area contributed by atoms with Gasteiger partial charge in [-0.2, -0.15) is 0 Å². The molecular formula is C22H35NO3. The van der Waals surface area contributed by atoms with E-state index < -0.39 is 11.5 Å². The number of carbonyl (C=O) groups is 2. The van der Waals surface area contributed by atoms with Crippen LogP contribution >= 0.6 is 0 Å². The first-order valence-electron chi connectivity index (χ1n) is 10.1. The van der Waals surface area contributed by atoms with Crippen LogP contribution in [0.5, 0.6) is 0 Å². The highest BCUT2D eigenvalue weighted by molar-refractivity contribution is 5.87. The van der Waals surface area contributed by atoms with Crippen LogP contribution in [0.4, 0.5) is 0 Å². The zero-order valence-corrected chi connectivity index (χ0v) is 16.5. The summed E-state index contributed by atoms with van der Waals surface area (Å²) < 4.78 is 5.59. The van der Waals surface area contributed by atoms with Gasteiger partial charge in [0.1, 0.15) is 0 Å². The molecule has 0 aromatic heterocycles.